The van der Waals surface area contributed by atoms with Crippen molar-refractivity contribution in [2.45, 2.75) is 58.9 Å². The number of unbranched alkanes of at least 4 members (excludes halogenated alkanes) is 2. The van der Waals surface area contributed by atoms with Crippen LogP contribution in [0.2, 0.25) is 0 Å². The molecule has 0 fully saturated rings. The predicted octanol–water partition coefficient (Wildman–Crippen LogP) is 2.47. The largest absolute Gasteiger partial charge is 0.748 e. The predicted molar refractivity (Wildman–Crippen MR) is 83.8 cm³/mol. The van der Waals surface area contributed by atoms with Gasteiger partial charge in [0.2, 0.25) is 6.33 Å². The molecule has 5 nitrogen and oxygen atoms in total. The zero-order chi connectivity index (χ0) is 16.3. The first kappa shape index (κ1) is 20.1. The third-order valence-corrected chi connectivity index (χ3v) is 3.21. The second-order valence-electron chi connectivity index (χ2n) is 5.63. The van der Waals surface area contributed by atoms with Crippen LogP contribution in [0.25, 0.3) is 0 Å². The number of rotatable bonds is 8. The summed E-state index contributed by atoms with van der Waals surface area (Å²) in [5.41, 5.74) is 0. The molecule has 0 aliphatic heterocycles. The topological polar surface area (TPSA) is 66.0 Å². The molecule has 6 heteroatoms. The Hall–Kier alpha value is -0.880. The molecule has 1 atom stereocenters. The van der Waals surface area contributed by atoms with Crippen molar-refractivity contribution in [1.82, 2.24) is 4.57 Å². The maximum Gasteiger partial charge on any atom is 0.243 e. The fourth-order valence-corrected chi connectivity index (χ4v) is 2.33. The van der Waals surface area contributed by atoms with Gasteiger partial charge in [-0.3, -0.25) is 0 Å². The average Bonchev–Trinajstić information content (AvgIpc) is 2.73. The average molecular weight is 318 g/mol. The Kier molecular flexibility index (Phi) is 10.3. The highest BCUT2D eigenvalue weighted by Crippen LogP contribution is 2.17. The molecule has 0 radical (unpaired) electrons. The molecule has 21 heavy (non-hydrogen) atoms. The summed E-state index contributed by atoms with van der Waals surface area (Å²) in [4.78, 5) is 0. The smallest absolute Gasteiger partial charge is 0.243 e. The highest BCUT2D eigenvalue weighted by molar-refractivity contribution is 7.84. The van der Waals surface area contributed by atoms with Gasteiger partial charge >= 0.3 is 0 Å². The van der Waals surface area contributed by atoms with E-state index in [1.54, 1.807) is 0 Å². The zero-order valence-corrected chi connectivity index (χ0v) is 14.6. The molecule has 0 aliphatic carbocycles. The van der Waals surface area contributed by atoms with E-state index in [9.17, 15) is 0 Å². The van der Waals surface area contributed by atoms with Crippen LogP contribution in [0.1, 0.15) is 52.4 Å². The number of hydrogen-bond donors (Lipinski definition) is 0. The summed E-state index contributed by atoms with van der Waals surface area (Å²) in [5, 5.41) is 0. The molecule has 0 aliphatic rings. The molecule has 1 unspecified atom stereocenters. The van der Waals surface area contributed by atoms with Crippen LogP contribution in [-0.4, -0.2) is 23.8 Å². The first-order valence-corrected chi connectivity index (χ1v) is 9.49. The van der Waals surface area contributed by atoms with Crippen LogP contribution in [-0.2, 0) is 23.7 Å². The number of nitrogens with zero attached hydrogens (tertiary/aromatic N) is 2. The normalized spacial score (nSPS) is 12.6. The summed E-state index contributed by atoms with van der Waals surface area (Å²) in [6, 6.07) is 0. The second-order valence-corrected chi connectivity index (χ2v) is 7.04. The van der Waals surface area contributed by atoms with Crippen LogP contribution in [0.4, 0.5) is 0 Å². The molecule has 0 spiro atoms. The lowest BCUT2D eigenvalue weighted by Gasteiger charge is -2.13. The van der Waals surface area contributed by atoms with Crippen molar-refractivity contribution in [3.63, 3.8) is 0 Å². The molecule has 0 aromatic carbocycles. The molecule has 0 bridgehead atoms. The van der Waals surface area contributed by atoms with Gasteiger partial charge in [0.05, 0.1) is 23.7 Å². The van der Waals surface area contributed by atoms with E-state index in [0.29, 0.717) is 6.26 Å². The fourth-order valence-electron chi connectivity index (χ4n) is 2.33. The summed E-state index contributed by atoms with van der Waals surface area (Å²) in [6.45, 7) is 5.77. The van der Waals surface area contributed by atoms with Gasteiger partial charge in [-0.2, -0.15) is 0 Å². The van der Waals surface area contributed by atoms with E-state index in [0.717, 1.165) is 5.92 Å². The second kappa shape index (κ2) is 10.8. The van der Waals surface area contributed by atoms with E-state index in [1.165, 1.54) is 45.1 Å². The first-order valence-electron chi connectivity index (χ1n) is 7.68. The van der Waals surface area contributed by atoms with E-state index < -0.39 is 10.1 Å². The molecule has 0 saturated heterocycles. The minimum Gasteiger partial charge on any atom is -0.748 e. The van der Waals surface area contributed by atoms with E-state index in [1.807, 2.05) is 0 Å². The van der Waals surface area contributed by atoms with E-state index in [4.69, 9.17) is 13.0 Å². The van der Waals surface area contributed by atoms with Crippen LogP contribution in [0.5, 0.6) is 0 Å². The van der Waals surface area contributed by atoms with Crippen molar-refractivity contribution in [3.05, 3.63) is 18.7 Å². The van der Waals surface area contributed by atoms with Crippen LogP contribution in [0, 0.1) is 5.92 Å². The van der Waals surface area contributed by atoms with Crippen LogP contribution in [0.15, 0.2) is 18.7 Å². The van der Waals surface area contributed by atoms with Crippen molar-refractivity contribution in [2.75, 3.05) is 6.26 Å². The number of aryl methyl sites for hydroxylation is 1. The lowest BCUT2D eigenvalue weighted by molar-refractivity contribution is -0.671. The van der Waals surface area contributed by atoms with E-state index in [2.05, 4.69) is 48.8 Å². The fraction of sp³-hybridized carbons (Fsp3) is 0.800. The van der Waals surface area contributed by atoms with Crippen molar-refractivity contribution >= 4 is 10.1 Å². The van der Waals surface area contributed by atoms with Crippen molar-refractivity contribution in [2.24, 2.45) is 13.0 Å². The summed E-state index contributed by atoms with van der Waals surface area (Å²) in [7, 11) is -1.83. The Morgan fingerprint density at radius 1 is 1.19 bits per heavy atom. The third-order valence-electron chi connectivity index (χ3n) is 3.21. The Bertz CT molecular complexity index is 461. The van der Waals surface area contributed by atoms with E-state index in [-0.39, 0.29) is 0 Å². The van der Waals surface area contributed by atoms with Gasteiger partial charge in [-0.15, -0.1) is 0 Å². The molecule has 1 aromatic heterocycles. The van der Waals surface area contributed by atoms with Crippen LogP contribution in [0.3, 0.4) is 0 Å². The molecular formula is C15H30N2O3S. The zero-order valence-electron chi connectivity index (χ0n) is 13.8. The van der Waals surface area contributed by atoms with Crippen molar-refractivity contribution in [3.8, 4) is 0 Å². The molecule has 0 saturated carbocycles. The third kappa shape index (κ3) is 13.8. The minimum absolute atomic E-state index is 0.604. The minimum atomic E-state index is -3.92. The molecule has 0 N–H and O–H groups in total. The van der Waals surface area contributed by atoms with Crippen LogP contribution >= 0.6 is 0 Å². The summed E-state index contributed by atoms with van der Waals surface area (Å²) >= 11 is 0. The Morgan fingerprint density at radius 3 is 2.24 bits per heavy atom. The van der Waals surface area contributed by atoms with E-state index >= 15 is 0 Å². The number of imidazole rings is 1. The molecule has 1 aromatic rings. The Labute approximate surface area is 129 Å². The van der Waals surface area contributed by atoms with Crippen molar-refractivity contribution in [1.29, 1.82) is 0 Å². The summed E-state index contributed by atoms with van der Waals surface area (Å²) < 4.78 is 31.7. The molecule has 124 valence electrons. The van der Waals surface area contributed by atoms with Gasteiger partial charge in [0.15, 0.2) is 0 Å². The first-order chi connectivity index (χ1) is 9.76. The lowest BCUT2D eigenvalue weighted by atomic mass is 9.96. The summed E-state index contributed by atoms with van der Waals surface area (Å²) in [5.74, 6) is 0.865. The Morgan fingerprint density at radius 2 is 1.81 bits per heavy atom. The number of hydrogen-bond acceptors (Lipinski definition) is 3. The monoisotopic (exact) mass is 318 g/mol. The van der Waals surface area contributed by atoms with Gasteiger partial charge < -0.3 is 4.55 Å². The highest BCUT2D eigenvalue weighted by atomic mass is 32.2. The highest BCUT2D eigenvalue weighted by Gasteiger charge is 2.11. The maximum absolute atomic E-state index is 9.08. The lowest BCUT2D eigenvalue weighted by Crippen LogP contribution is -2.24. The van der Waals surface area contributed by atoms with Gasteiger partial charge in [-0.25, -0.2) is 17.6 Å². The van der Waals surface area contributed by atoms with Crippen LogP contribution < -0.4 is 4.57 Å². The SMILES string of the molecule is CCCCCC(CCC)Cn1cc[n+](C)c1.CS(=O)(=O)[O-]. The Balaban J connectivity index is 0.000000690. The van der Waals surface area contributed by atoms with Gasteiger partial charge in [0.25, 0.3) is 0 Å². The van der Waals surface area contributed by atoms with Crippen molar-refractivity contribution < 1.29 is 17.5 Å². The van der Waals surface area contributed by atoms with Gasteiger partial charge in [-0.05, 0) is 18.8 Å². The molecule has 1 rings (SSSR count). The molecule has 1 heterocycles. The standard InChI is InChI=1S/C14H27N2.CH4O3S/c1-4-6-7-9-14(8-5-2)12-16-11-10-15(3)13-16;1-5(2,3)4/h10-11,13-14H,4-9,12H2,1-3H3;1H3,(H,2,3,4)/q+1;/p-1. The molecule has 0 amide bonds. The maximum atomic E-state index is 9.08. The summed E-state index contributed by atoms with van der Waals surface area (Å²) in [6.07, 6.45) is 15.3. The van der Waals surface area contributed by atoms with Gasteiger partial charge in [0, 0.05) is 6.26 Å². The van der Waals surface area contributed by atoms with Gasteiger partial charge in [0.1, 0.15) is 12.4 Å². The molecular weight excluding hydrogens is 288 g/mol. The van der Waals surface area contributed by atoms with Gasteiger partial charge in [-0.1, -0.05) is 39.5 Å². The number of aromatic nitrogens is 2. The quantitative estimate of drug-likeness (QED) is 0.420.